The van der Waals surface area contributed by atoms with Crippen molar-refractivity contribution in [2.24, 2.45) is 0 Å². The molecule has 0 saturated carbocycles. The monoisotopic (exact) mass is 333 g/mol. The summed E-state index contributed by atoms with van der Waals surface area (Å²) in [5.74, 6) is 1.26. The third kappa shape index (κ3) is 3.39. The standard InChI is InChI=1S/C17H20ClN3O2/c1-17(2,3)16-19-15(23-20-16)12-8-14(22)21(10-12)9-11-6-4-5-7-13(11)18/h4-7,12H,8-10H2,1-3H3. The maximum absolute atomic E-state index is 12.3. The maximum atomic E-state index is 12.3. The summed E-state index contributed by atoms with van der Waals surface area (Å²) in [5.41, 5.74) is 0.783. The Balaban J connectivity index is 1.72. The molecule has 23 heavy (non-hydrogen) atoms. The summed E-state index contributed by atoms with van der Waals surface area (Å²) in [5, 5.41) is 4.72. The van der Waals surface area contributed by atoms with Crippen LogP contribution in [0.3, 0.4) is 0 Å². The number of nitrogens with zero attached hydrogens (tertiary/aromatic N) is 3. The van der Waals surface area contributed by atoms with Gasteiger partial charge in [-0.2, -0.15) is 4.98 Å². The van der Waals surface area contributed by atoms with Gasteiger partial charge in [-0.15, -0.1) is 0 Å². The predicted octanol–water partition coefficient (Wildman–Crippen LogP) is 3.54. The smallest absolute Gasteiger partial charge is 0.232 e. The minimum Gasteiger partial charge on any atom is -0.339 e. The normalized spacial score (nSPS) is 18.7. The van der Waals surface area contributed by atoms with Crippen LogP contribution in [0.25, 0.3) is 0 Å². The van der Waals surface area contributed by atoms with E-state index in [0.717, 1.165) is 5.56 Å². The zero-order valence-electron chi connectivity index (χ0n) is 13.5. The van der Waals surface area contributed by atoms with Crippen LogP contribution in [0.1, 0.15) is 50.4 Å². The van der Waals surface area contributed by atoms with E-state index >= 15 is 0 Å². The van der Waals surface area contributed by atoms with Gasteiger partial charge in [0.15, 0.2) is 5.82 Å². The molecular weight excluding hydrogens is 314 g/mol. The molecule has 2 heterocycles. The fourth-order valence-electron chi connectivity index (χ4n) is 2.63. The van der Waals surface area contributed by atoms with Crippen molar-refractivity contribution in [3.05, 3.63) is 46.6 Å². The van der Waals surface area contributed by atoms with Crippen LogP contribution in [0.4, 0.5) is 0 Å². The van der Waals surface area contributed by atoms with Gasteiger partial charge in [-0.3, -0.25) is 4.79 Å². The molecule has 0 aliphatic carbocycles. The van der Waals surface area contributed by atoms with Gasteiger partial charge in [0, 0.05) is 29.9 Å². The number of aromatic nitrogens is 2. The van der Waals surface area contributed by atoms with Crippen molar-refractivity contribution in [2.45, 2.75) is 45.1 Å². The minimum atomic E-state index is -0.165. The average molecular weight is 334 g/mol. The van der Waals surface area contributed by atoms with Crippen LogP contribution in [0.5, 0.6) is 0 Å². The van der Waals surface area contributed by atoms with Crippen LogP contribution in [-0.2, 0) is 16.8 Å². The second-order valence-electron chi connectivity index (χ2n) is 6.97. The first-order chi connectivity index (χ1) is 10.8. The minimum absolute atomic E-state index is 0.0476. The van der Waals surface area contributed by atoms with Crippen molar-refractivity contribution in [3.63, 3.8) is 0 Å². The Bertz CT molecular complexity index is 721. The lowest BCUT2D eigenvalue weighted by atomic mass is 9.96. The van der Waals surface area contributed by atoms with Crippen LogP contribution in [0.2, 0.25) is 5.02 Å². The lowest BCUT2D eigenvalue weighted by molar-refractivity contribution is -0.128. The Morgan fingerprint density at radius 3 is 2.74 bits per heavy atom. The van der Waals surface area contributed by atoms with Crippen LogP contribution >= 0.6 is 11.6 Å². The first-order valence-electron chi connectivity index (χ1n) is 7.70. The van der Waals surface area contributed by atoms with Gasteiger partial charge in [-0.05, 0) is 11.6 Å². The molecule has 1 aliphatic heterocycles. The quantitative estimate of drug-likeness (QED) is 0.862. The molecule has 3 rings (SSSR count). The molecule has 1 unspecified atom stereocenters. The van der Waals surface area contributed by atoms with E-state index in [0.29, 0.717) is 36.2 Å². The summed E-state index contributed by atoms with van der Waals surface area (Å²) in [7, 11) is 0. The lowest BCUT2D eigenvalue weighted by Gasteiger charge is -2.16. The largest absolute Gasteiger partial charge is 0.339 e. The Morgan fingerprint density at radius 2 is 2.09 bits per heavy atom. The second kappa shape index (κ2) is 5.96. The second-order valence-corrected chi connectivity index (χ2v) is 7.38. The Labute approximate surface area is 140 Å². The van der Waals surface area contributed by atoms with Crippen molar-refractivity contribution >= 4 is 17.5 Å². The molecule has 1 aliphatic rings. The summed E-state index contributed by atoms with van der Waals surface area (Å²) < 4.78 is 5.38. The van der Waals surface area contributed by atoms with Crippen molar-refractivity contribution in [1.82, 2.24) is 15.0 Å². The number of rotatable bonds is 3. The molecule has 5 nitrogen and oxygen atoms in total. The zero-order chi connectivity index (χ0) is 16.6. The molecule has 0 spiro atoms. The fraction of sp³-hybridized carbons (Fsp3) is 0.471. The summed E-state index contributed by atoms with van der Waals surface area (Å²) in [4.78, 5) is 18.5. The van der Waals surface area contributed by atoms with E-state index in [9.17, 15) is 4.79 Å². The molecule has 122 valence electrons. The fourth-order valence-corrected chi connectivity index (χ4v) is 2.82. The highest BCUT2D eigenvalue weighted by molar-refractivity contribution is 6.31. The van der Waals surface area contributed by atoms with E-state index in [1.54, 1.807) is 4.90 Å². The van der Waals surface area contributed by atoms with E-state index in [2.05, 4.69) is 10.1 Å². The highest BCUT2D eigenvalue weighted by Gasteiger charge is 2.35. The molecule has 1 fully saturated rings. The highest BCUT2D eigenvalue weighted by atomic mass is 35.5. The van der Waals surface area contributed by atoms with Crippen molar-refractivity contribution in [2.75, 3.05) is 6.54 Å². The van der Waals surface area contributed by atoms with Crippen molar-refractivity contribution in [3.8, 4) is 0 Å². The topological polar surface area (TPSA) is 59.2 Å². The van der Waals surface area contributed by atoms with Crippen LogP contribution in [0, 0.1) is 0 Å². The molecule has 0 radical (unpaired) electrons. The van der Waals surface area contributed by atoms with E-state index < -0.39 is 0 Å². The van der Waals surface area contributed by atoms with Crippen molar-refractivity contribution in [1.29, 1.82) is 0 Å². The van der Waals surface area contributed by atoms with Gasteiger partial charge >= 0.3 is 0 Å². The Morgan fingerprint density at radius 1 is 1.35 bits per heavy atom. The summed E-state index contributed by atoms with van der Waals surface area (Å²) in [6.45, 7) is 7.19. The summed E-state index contributed by atoms with van der Waals surface area (Å²) in [6.07, 6.45) is 0.399. The van der Waals surface area contributed by atoms with Gasteiger partial charge in [0.2, 0.25) is 11.8 Å². The van der Waals surface area contributed by atoms with Crippen molar-refractivity contribution < 1.29 is 9.32 Å². The number of carbonyl (C=O) groups excluding carboxylic acids is 1. The first kappa shape index (κ1) is 16.0. The zero-order valence-corrected chi connectivity index (χ0v) is 14.3. The van der Waals surface area contributed by atoms with E-state index in [1.807, 2.05) is 45.0 Å². The van der Waals surface area contributed by atoms with Gasteiger partial charge < -0.3 is 9.42 Å². The molecule has 0 N–H and O–H groups in total. The molecule has 1 aromatic carbocycles. The van der Waals surface area contributed by atoms with E-state index in [1.165, 1.54) is 0 Å². The number of amides is 1. The van der Waals surface area contributed by atoms with Gasteiger partial charge in [-0.25, -0.2) is 0 Å². The van der Waals surface area contributed by atoms with Gasteiger partial charge in [-0.1, -0.05) is 55.7 Å². The molecule has 1 atom stereocenters. The molecule has 2 aromatic rings. The highest BCUT2D eigenvalue weighted by Crippen LogP contribution is 2.30. The first-order valence-corrected chi connectivity index (χ1v) is 8.07. The third-order valence-electron chi connectivity index (χ3n) is 4.00. The predicted molar refractivity (Wildman–Crippen MR) is 87.2 cm³/mol. The number of hydrogen-bond donors (Lipinski definition) is 0. The molecule has 1 amide bonds. The Kier molecular flexibility index (Phi) is 4.15. The van der Waals surface area contributed by atoms with Crippen LogP contribution in [-0.4, -0.2) is 27.5 Å². The number of hydrogen-bond acceptors (Lipinski definition) is 4. The number of likely N-dealkylation sites (tertiary alicyclic amines) is 1. The third-order valence-corrected chi connectivity index (χ3v) is 4.36. The van der Waals surface area contributed by atoms with Crippen LogP contribution < -0.4 is 0 Å². The van der Waals surface area contributed by atoms with E-state index in [4.69, 9.17) is 16.1 Å². The molecular formula is C17H20ClN3O2. The van der Waals surface area contributed by atoms with E-state index in [-0.39, 0.29) is 17.2 Å². The van der Waals surface area contributed by atoms with Gasteiger partial charge in [0.05, 0.1) is 5.92 Å². The number of halogens is 1. The average Bonchev–Trinajstić information content (AvgIpc) is 3.08. The SMILES string of the molecule is CC(C)(C)c1noc(C2CC(=O)N(Cc3ccccc3Cl)C2)n1. The summed E-state index contributed by atoms with van der Waals surface area (Å²) in [6, 6.07) is 7.58. The number of benzene rings is 1. The van der Waals surface area contributed by atoms with Gasteiger partial charge in [0.1, 0.15) is 0 Å². The van der Waals surface area contributed by atoms with Gasteiger partial charge in [0.25, 0.3) is 0 Å². The molecule has 0 bridgehead atoms. The van der Waals surface area contributed by atoms with Crippen LogP contribution in [0.15, 0.2) is 28.8 Å². The maximum Gasteiger partial charge on any atom is 0.232 e. The number of carbonyl (C=O) groups is 1. The Hall–Kier alpha value is -1.88. The molecule has 1 saturated heterocycles. The summed E-state index contributed by atoms with van der Waals surface area (Å²) >= 11 is 6.18. The lowest BCUT2D eigenvalue weighted by Crippen LogP contribution is -2.24. The molecule has 1 aromatic heterocycles. The molecule has 6 heteroatoms.